The number of hydrogen-bond donors (Lipinski definition) is 0. The van der Waals surface area contributed by atoms with Crippen LogP contribution in [0.25, 0.3) is 0 Å². The normalized spacial score (nSPS) is 12.4. The Bertz CT molecular complexity index is 569. The molecule has 19 heavy (non-hydrogen) atoms. The first-order valence-electron chi connectivity index (χ1n) is 5.86. The summed E-state index contributed by atoms with van der Waals surface area (Å²) in [4.78, 5) is 0. The van der Waals surface area contributed by atoms with E-state index in [-0.39, 0.29) is 23.7 Å². The summed E-state index contributed by atoms with van der Waals surface area (Å²) < 4.78 is 40.5. The van der Waals surface area contributed by atoms with Gasteiger partial charge in [-0.25, -0.2) is 13.2 Å². The Morgan fingerprint density at radius 2 is 1.58 bits per heavy atom. The number of benzene rings is 2. The first-order valence-corrected chi connectivity index (χ1v) is 6.99. The third-order valence-corrected chi connectivity index (χ3v) is 3.81. The third kappa shape index (κ3) is 3.18. The second-order valence-corrected chi connectivity index (χ2v) is 4.94. The van der Waals surface area contributed by atoms with E-state index in [4.69, 9.17) is 0 Å². The average molecular weight is 329 g/mol. The second-order valence-electron chi connectivity index (χ2n) is 4.29. The summed E-state index contributed by atoms with van der Waals surface area (Å²) in [5.74, 6) is -2.30. The Hall–Kier alpha value is -1.29. The Balaban J connectivity index is 2.30. The number of alkyl halides is 1. The molecule has 2 rings (SSSR count). The van der Waals surface area contributed by atoms with Gasteiger partial charge in [-0.3, -0.25) is 0 Å². The van der Waals surface area contributed by atoms with Crippen LogP contribution < -0.4 is 0 Å². The van der Waals surface area contributed by atoms with Crippen LogP contribution in [-0.2, 0) is 6.42 Å². The predicted octanol–water partition coefficient (Wildman–Crippen LogP) is 4.83. The molecule has 4 heteroatoms. The molecule has 100 valence electrons. The summed E-state index contributed by atoms with van der Waals surface area (Å²) in [7, 11) is 0. The van der Waals surface area contributed by atoms with E-state index in [1.165, 1.54) is 18.2 Å². The lowest BCUT2D eigenvalue weighted by Gasteiger charge is -2.16. The molecule has 2 aromatic carbocycles. The van der Waals surface area contributed by atoms with E-state index in [1.54, 1.807) is 18.2 Å². The molecule has 0 radical (unpaired) electrons. The highest BCUT2D eigenvalue weighted by Crippen LogP contribution is 2.26. The summed E-state index contributed by atoms with van der Waals surface area (Å²) in [6.07, 6.45) is 0.246. The van der Waals surface area contributed by atoms with Crippen molar-refractivity contribution < 1.29 is 13.2 Å². The SMILES string of the molecule is Fc1ccccc1C(CBr)Cc1cccc(F)c1F. The van der Waals surface area contributed by atoms with Crippen molar-refractivity contribution >= 4 is 15.9 Å². The quantitative estimate of drug-likeness (QED) is 0.705. The summed E-state index contributed by atoms with van der Waals surface area (Å²) in [6.45, 7) is 0. The molecule has 0 saturated carbocycles. The molecule has 0 nitrogen and oxygen atoms in total. The van der Waals surface area contributed by atoms with E-state index >= 15 is 0 Å². The van der Waals surface area contributed by atoms with Gasteiger partial charge in [0.2, 0.25) is 0 Å². The van der Waals surface area contributed by atoms with E-state index in [0.29, 0.717) is 10.9 Å². The van der Waals surface area contributed by atoms with Gasteiger partial charge in [-0.15, -0.1) is 0 Å². The van der Waals surface area contributed by atoms with Crippen LogP contribution in [-0.4, -0.2) is 5.33 Å². The largest absolute Gasteiger partial charge is 0.207 e. The van der Waals surface area contributed by atoms with Crippen LogP contribution in [0.15, 0.2) is 42.5 Å². The van der Waals surface area contributed by atoms with E-state index < -0.39 is 11.6 Å². The maximum absolute atomic E-state index is 13.7. The van der Waals surface area contributed by atoms with Gasteiger partial charge in [0.25, 0.3) is 0 Å². The Kier molecular flexibility index (Phi) is 4.64. The fourth-order valence-electron chi connectivity index (χ4n) is 2.03. The second kappa shape index (κ2) is 6.24. The standard InChI is InChI=1S/C15H12BrF3/c16-9-11(12-5-1-2-6-13(12)17)8-10-4-3-7-14(18)15(10)19/h1-7,11H,8-9H2. The minimum Gasteiger partial charge on any atom is -0.207 e. The molecule has 0 fully saturated rings. The highest BCUT2D eigenvalue weighted by Gasteiger charge is 2.18. The molecule has 2 aromatic rings. The van der Waals surface area contributed by atoms with E-state index in [0.717, 1.165) is 6.07 Å². The Morgan fingerprint density at radius 3 is 2.26 bits per heavy atom. The zero-order chi connectivity index (χ0) is 13.8. The average Bonchev–Trinajstić information content (AvgIpc) is 2.41. The van der Waals surface area contributed by atoms with Gasteiger partial charge in [-0.2, -0.15) is 0 Å². The molecule has 0 aliphatic rings. The molecule has 0 saturated heterocycles. The van der Waals surface area contributed by atoms with Gasteiger partial charge >= 0.3 is 0 Å². The summed E-state index contributed by atoms with van der Waals surface area (Å²) in [6, 6.07) is 10.4. The lowest BCUT2D eigenvalue weighted by molar-refractivity contribution is 0.494. The Morgan fingerprint density at radius 1 is 0.895 bits per heavy atom. The molecule has 1 atom stereocenters. The third-order valence-electron chi connectivity index (χ3n) is 3.03. The molecule has 0 amide bonds. The van der Waals surface area contributed by atoms with Crippen LogP contribution in [0.1, 0.15) is 17.0 Å². The van der Waals surface area contributed by atoms with Crippen molar-refractivity contribution in [1.82, 2.24) is 0 Å². The molecular formula is C15H12BrF3. The zero-order valence-electron chi connectivity index (χ0n) is 10.0. The van der Waals surface area contributed by atoms with Crippen molar-refractivity contribution in [3.63, 3.8) is 0 Å². The number of rotatable bonds is 4. The minimum atomic E-state index is -0.876. The van der Waals surface area contributed by atoms with Gasteiger partial charge in [0.05, 0.1) is 0 Å². The highest BCUT2D eigenvalue weighted by atomic mass is 79.9. The highest BCUT2D eigenvalue weighted by molar-refractivity contribution is 9.09. The van der Waals surface area contributed by atoms with Crippen LogP contribution in [0.4, 0.5) is 13.2 Å². The van der Waals surface area contributed by atoms with Gasteiger partial charge in [-0.05, 0) is 29.7 Å². The van der Waals surface area contributed by atoms with E-state index in [9.17, 15) is 13.2 Å². The molecule has 0 bridgehead atoms. The Labute approximate surface area is 118 Å². The fraction of sp³-hybridized carbons (Fsp3) is 0.200. The van der Waals surface area contributed by atoms with Crippen molar-refractivity contribution in [2.24, 2.45) is 0 Å². The first-order chi connectivity index (χ1) is 9.13. The van der Waals surface area contributed by atoms with Crippen molar-refractivity contribution in [3.8, 4) is 0 Å². The van der Waals surface area contributed by atoms with Gasteiger partial charge in [0.15, 0.2) is 11.6 Å². The molecule has 0 spiro atoms. The molecule has 0 aromatic heterocycles. The van der Waals surface area contributed by atoms with E-state index in [2.05, 4.69) is 15.9 Å². The van der Waals surface area contributed by atoms with Crippen LogP contribution in [0.5, 0.6) is 0 Å². The lowest BCUT2D eigenvalue weighted by Crippen LogP contribution is -2.08. The molecule has 0 aliphatic carbocycles. The van der Waals surface area contributed by atoms with Crippen molar-refractivity contribution in [3.05, 3.63) is 71.0 Å². The van der Waals surface area contributed by atoms with Crippen LogP contribution in [0.3, 0.4) is 0 Å². The van der Waals surface area contributed by atoms with Gasteiger partial charge in [-0.1, -0.05) is 46.3 Å². The number of hydrogen-bond acceptors (Lipinski definition) is 0. The molecule has 0 aliphatic heterocycles. The maximum atomic E-state index is 13.7. The summed E-state index contributed by atoms with van der Waals surface area (Å²) >= 11 is 3.30. The van der Waals surface area contributed by atoms with Crippen molar-refractivity contribution in [2.75, 3.05) is 5.33 Å². The maximum Gasteiger partial charge on any atom is 0.162 e. The molecule has 0 N–H and O–H groups in total. The monoisotopic (exact) mass is 328 g/mol. The van der Waals surface area contributed by atoms with Gasteiger partial charge in [0.1, 0.15) is 5.82 Å². The van der Waals surface area contributed by atoms with Crippen molar-refractivity contribution in [2.45, 2.75) is 12.3 Å². The van der Waals surface area contributed by atoms with Crippen LogP contribution in [0.2, 0.25) is 0 Å². The van der Waals surface area contributed by atoms with E-state index in [1.807, 2.05) is 0 Å². The zero-order valence-corrected chi connectivity index (χ0v) is 11.6. The lowest BCUT2D eigenvalue weighted by atomic mass is 9.93. The minimum absolute atomic E-state index is 0.238. The smallest absolute Gasteiger partial charge is 0.162 e. The van der Waals surface area contributed by atoms with Gasteiger partial charge in [0, 0.05) is 11.2 Å². The van der Waals surface area contributed by atoms with Crippen LogP contribution >= 0.6 is 15.9 Å². The predicted molar refractivity (Wildman–Crippen MR) is 73.0 cm³/mol. The van der Waals surface area contributed by atoms with Crippen LogP contribution in [0, 0.1) is 17.5 Å². The number of halogens is 4. The molecule has 0 heterocycles. The van der Waals surface area contributed by atoms with Crippen molar-refractivity contribution in [1.29, 1.82) is 0 Å². The topological polar surface area (TPSA) is 0 Å². The molecule has 1 unspecified atom stereocenters. The summed E-state index contributed by atoms with van der Waals surface area (Å²) in [5, 5.41) is 0.476. The fourth-order valence-corrected chi connectivity index (χ4v) is 2.60. The first kappa shape index (κ1) is 14.1. The molecular weight excluding hydrogens is 317 g/mol. The van der Waals surface area contributed by atoms with Gasteiger partial charge < -0.3 is 0 Å². The summed E-state index contributed by atoms with van der Waals surface area (Å²) in [5.41, 5.74) is 0.760.